The summed E-state index contributed by atoms with van der Waals surface area (Å²) in [6.07, 6.45) is -8.50. The molecule has 0 spiro atoms. The van der Waals surface area contributed by atoms with Crippen molar-refractivity contribution in [2.75, 3.05) is 6.61 Å². The molecule has 2 aromatic heterocycles. The van der Waals surface area contributed by atoms with Gasteiger partial charge in [0.05, 0.1) is 0 Å². The fraction of sp³-hybridized carbons (Fsp3) is 0.333. The molecular weight excluding hydrogens is 280 g/mol. The van der Waals surface area contributed by atoms with E-state index in [4.69, 9.17) is 0 Å². The minimum absolute atomic E-state index is 0.381. The lowest BCUT2D eigenvalue weighted by Gasteiger charge is -2.12. The van der Waals surface area contributed by atoms with E-state index in [2.05, 4.69) is 14.8 Å². The number of alkyl halides is 6. The molecule has 104 valence electrons. The third kappa shape index (κ3) is 2.88. The number of ether oxygens (including phenoxy) is 1. The molecule has 2 rings (SSSR count). The number of pyridine rings is 1. The van der Waals surface area contributed by atoms with Gasteiger partial charge < -0.3 is 4.74 Å². The van der Waals surface area contributed by atoms with Crippen LogP contribution in [0.2, 0.25) is 0 Å². The highest BCUT2D eigenvalue weighted by Crippen LogP contribution is 2.32. The van der Waals surface area contributed by atoms with E-state index in [1.54, 1.807) is 0 Å². The van der Waals surface area contributed by atoms with E-state index in [1.165, 1.54) is 0 Å². The number of fused-ring (bicyclic) bond motifs is 1. The lowest BCUT2D eigenvalue weighted by molar-refractivity contribution is -0.153. The Kier molecular flexibility index (Phi) is 3.03. The highest BCUT2D eigenvalue weighted by molar-refractivity contribution is 5.53. The van der Waals surface area contributed by atoms with E-state index in [-0.39, 0.29) is 0 Å². The largest absolute Gasteiger partial charge is 0.480 e. The van der Waals surface area contributed by atoms with Crippen LogP contribution in [0.15, 0.2) is 18.5 Å². The molecule has 0 aromatic carbocycles. The van der Waals surface area contributed by atoms with E-state index < -0.39 is 36.1 Å². The Balaban J connectivity index is 2.41. The summed E-state index contributed by atoms with van der Waals surface area (Å²) in [6, 6.07) is 1.35. The van der Waals surface area contributed by atoms with Gasteiger partial charge in [-0.3, -0.25) is 0 Å². The van der Waals surface area contributed by atoms with Crippen LogP contribution in [-0.4, -0.2) is 27.4 Å². The van der Waals surface area contributed by atoms with Crippen LogP contribution in [-0.2, 0) is 6.18 Å². The van der Waals surface area contributed by atoms with Gasteiger partial charge in [0.1, 0.15) is 12.0 Å². The van der Waals surface area contributed by atoms with Crippen LogP contribution < -0.4 is 4.74 Å². The van der Waals surface area contributed by atoms with Gasteiger partial charge in [-0.15, -0.1) is 0 Å². The van der Waals surface area contributed by atoms with Crippen molar-refractivity contribution < 1.29 is 31.1 Å². The molecule has 2 aromatic rings. The van der Waals surface area contributed by atoms with E-state index in [9.17, 15) is 26.3 Å². The first-order valence-electron chi connectivity index (χ1n) is 4.78. The molecule has 0 radical (unpaired) electrons. The molecule has 0 aliphatic rings. The summed E-state index contributed by atoms with van der Waals surface area (Å²) < 4.78 is 78.5. The van der Waals surface area contributed by atoms with Crippen LogP contribution in [0, 0.1) is 0 Å². The zero-order valence-electron chi connectivity index (χ0n) is 8.96. The first-order valence-corrected chi connectivity index (χ1v) is 4.78. The topological polar surface area (TPSA) is 39.4 Å². The van der Waals surface area contributed by atoms with Crippen molar-refractivity contribution in [1.82, 2.24) is 14.6 Å². The monoisotopic (exact) mass is 285 g/mol. The summed E-state index contributed by atoms with van der Waals surface area (Å²) in [7, 11) is 0. The van der Waals surface area contributed by atoms with Gasteiger partial charge >= 0.3 is 12.4 Å². The molecule has 19 heavy (non-hydrogen) atoms. The number of nitrogens with zero attached hydrogens (tertiary/aromatic N) is 3. The zero-order chi connectivity index (χ0) is 14.3. The maximum Gasteiger partial charge on any atom is 0.433 e. The van der Waals surface area contributed by atoms with Gasteiger partial charge in [0, 0.05) is 0 Å². The van der Waals surface area contributed by atoms with Crippen molar-refractivity contribution >= 4 is 5.65 Å². The summed E-state index contributed by atoms with van der Waals surface area (Å²) in [4.78, 5) is 3.45. The second-order valence-corrected chi connectivity index (χ2v) is 3.48. The van der Waals surface area contributed by atoms with Crippen molar-refractivity contribution in [2.45, 2.75) is 12.4 Å². The first kappa shape index (κ1) is 13.4. The van der Waals surface area contributed by atoms with Gasteiger partial charge in [0.25, 0.3) is 0 Å². The molecule has 0 saturated heterocycles. The Morgan fingerprint density at radius 2 is 1.79 bits per heavy atom. The summed E-state index contributed by atoms with van der Waals surface area (Å²) in [5.41, 5.74) is -1.58. The summed E-state index contributed by atoms with van der Waals surface area (Å²) in [5, 5.41) is 3.31. The number of aromatic nitrogens is 3. The van der Waals surface area contributed by atoms with Crippen molar-refractivity contribution in [3.63, 3.8) is 0 Å². The summed E-state index contributed by atoms with van der Waals surface area (Å²) in [6.45, 7) is -1.62. The molecule has 0 N–H and O–H groups in total. The van der Waals surface area contributed by atoms with Crippen LogP contribution in [0.1, 0.15) is 5.69 Å². The highest BCUT2D eigenvalue weighted by atomic mass is 19.4. The molecule has 0 atom stereocenters. The summed E-state index contributed by atoms with van der Waals surface area (Å²) >= 11 is 0. The van der Waals surface area contributed by atoms with Crippen LogP contribution in [0.25, 0.3) is 5.65 Å². The number of halogens is 6. The Morgan fingerprint density at radius 1 is 1.11 bits per heavy atom. The second-order valence-electron chi connectivity index (χ2n) is 3.48. The van der Waals surface area contributed by atoms with Crippen molar-refractivity contribution in [3.05, 3.63) is 24.2 Å². The Labute approximate surface area is 101 Å². The molecule has 0 amide bonds. The molecule has 0 aliphatic carbocycles. The predicted molar refractivity (Wildman–Crippen MR) is 49.5 cm³/mol. The molecule has 0 bridgehead atoms. The van der Waals surface area contributed by atoms with Gasteiger partial charge in [0.15, 0.2) is 18.0 Å². The minimum Gasteiger partial charge on any atom is -0.480 e. The fourth-order valence-corrected chi connectivity index (χ4v) is 1.37. The molecule has 4 nitrogen and oxygen atoms in total. The predicted octanol–water partition coefficient (Wildman–Crippen LogP) is 2.69. The lowest BCUT2D eigenvalue weighted by atomic mass is 10.3. The van der Waals surface area contributed by atoms with Gasteiger partial charge in [-0.05, 0) is 12.1 Å². The van der Waals surface area contributed by atoms with Crippen LogP contribution >= 0.6 is 0 Å². The highest BCUT2D eigenvalue weighted by Gasteiger charge is 2.35. The molecule has 10 heteroatoms. The maximum atomic E-state index is 12.6. The van der Waals surface area contributed by atoms with Crippen molar-refractivity contribution in [2.24, 2.45) is 0 Å². The minimum atomic E-state index is -4.70. The fourth-order valence-electron chi connectivity index (χ4n) is 1.37. The molecule has 2 heterocycles. The third-order valence-electron chi connectivity index (χ3n) is 2.07. The van der Waals surface area contributed by atoms with Crippen LogP contribution in [0.3, 0.4) is 0 Å². The SMILES string of the molecule is FC(F)(F)COc1ccc(C(F)(F)F)n2ncnc12. The number of hydrogen-bond donors (Lipinski definition) is 0. The normalized spacial score (nSPS) is 12.9. The maximum absolute atomic E-state index is 12.6. The third-order valence-corrected chi connectivity index (χ3v) is 2.07. The second kappa shape index (κ2) is 4.28. The summed E-state index contributed by atoms with van der Waals surface area (Å²) in [5.74, 6) is -0.428. The molecule has 0 saturated carbocycles. The molecule has 0 aliphatic heterocycles. The molecule has 0 unspecified atom stereocenters. The number of rotatable bonds is 2. The van der Waals surface area contributed by atoms with Crippen molar-refractivity contribution in [1.29, 1.82) is 0 Å². The van der Waals surface area contributed by atoms with E-state index in [1.807, 2.05) is 0 Å². The smallest absolute Gasteiger partial charge is 0.433 e. The van der Waals surface area contributed by atoms with Gasteiger partial charge in [-0.2, -0.15) is 31.4 Å². The van der Waals surface area contributed by atoms with Gasteiger partial charge in [0.2, 0.25) is 0 Å². The zero-order valence-corrected chi connectivity index (χ0v) is 8.96. The van der Waals surface area contributed by atoms with E-state index in [0.717, 1.165) is 12.4 Å². The van der Waals surface area contributed by atoms with Crippen LogP contribution in [0.4, 0.5) is 26.3 Å². The molecule has 0 fully saturated rings. The quantitative estimate of drug-likeness (QED) is 0.796. The van der Waals surface area contributed by atoms with E-state index in [0.29, 0.717) is 10.6 Å². The Hall–Kier alpha value is -2.00. The van der Waals surface area contributed by atoms with E-state index >= 15 is 0 Å². The number of hydrogen-bond acceptors (Lipinski definition) is 3. The van der Waals surface area contributed by atoms with Crippen LogP contribution in [0.5, 0.6) is 5.75 Å². The van der Waals surface area contributed by atoms with Crippen molar-refractivity contribution in [3.8, 4) is 5.75 Å². The Bertz CT molecular complexity index is 588. The lowest BCUT2D eigenvalue weighted by Crippen LogP contribution is -2.20. The van der Waals surface area contributed by atoms with Gasteiger partial charge in [-0.25, -0.2) is 9.50 Å². The average molecular weight is 285 g/mol. The Morgan fingerprint density at radius 3 is 2.37 bits per heavy atom. The first-order chi connectivity index (χ1) is 8.68. The molecular formula is C9H5F6N3O. The van der Waals surface area contributed by atoms with Gasteiger partial charge in [-0.1, -0.05) is 0 Å². The average Bonchev–Trinajstić information content (AvgIpc) is 2.71. The standard InChI is InChI=1S/C9H5F6N3O/c10-8(11,12)3-19-5-1-2-6(9(13,14)15)18-7(5)16-4-17-18/h1-2,4H,3H2.